The Morgan fingerprint density at radius 2 is 1.59 bits per heavy atom. The van der Waals surface area contributed by atoms with Gasteiger partial charge in [0.1, 0.15) is 0 Å². The maximum Gasteiger partial charge on any atom is 0.269 e. The number of nitriles is 1. The van der Waals surface area contributed by atoms with Crippen LogP contribution < -0.4 is 10.9 Å². The van der Waals surface area contributed by atoms with Crippen molar-refractivity contribution in [3.05, 3.63) is 70.8 Å². The predicted octanol–water partition coefficient (Wildman–Crippen LogP) is 2.53. The van der Waals surface area contributed by atoms with Crippen molar-refractivity contribution in [3.63, 3.8) is 0 Å². The molecule has 0 fully saturated rings. The van der Waals surface area contributed by atoms with Crippen LogP contribution in [0.2, 0.25) is 0 Å². The van der Waals surface area contributed by atoms with Crippen LogP contribution in [0.4, 0.5) is 0 Å². The van der Waals surface area contributed by atoms with E-state index in [-0.39, 0.29) is 0 Å². The lowest BCUT2D eigenvalue weighted by Crippen LogP contribution is -2.41. The van der Waals surface area contributed by atoms with Gasteiger partial charge >= 0.3 is 0 Å². The summed E-state index contributed by atoms with van der Waals surface area (Å²) in [6, 6.07) is 15.2. The third-order valence-electron chi connectivity index (χ3n) is 2.89. The highest BCUT2D eigenvalue weighted by molar-refractivity contribution is 9.08. The summed E-state index contributed by atoms with van der Waals surface area (Å²) < 4.78 is 0. The van der Waals surface area contributed by atoms with Gasteiger partial charge in [-0.3, -0.25) is 20.4 Å². The van der Waals surface area contributed by atoms with Crippen molar-refractivity contribution >= 4 is 27.7 Å². The van der Waals surface area contributed by atoms with Gasteiger partial charge in [0.25, 0.3) is 11.8 Å². The molecule has 110 valence electrons. The molecule has 0 atom stereocenters. The second kappa shape index (κ2) is 7.38. The molecule has 0 saturated heterocycles. The summed E-state index contributed by atoms with van der Waals surface area (Å²) in [5.41, 5.74) is 6.76. The van der Waals surface area contributed by atoms with Gasteiger partial charge in [-0.2, -0.15) is 5.26 Å². The predicted molar refractivity (Wildman–Crippen MR) is 85.2 cm³/mol. The van der Waals surface area contributed by atoms with Gasteiger partial charge < -0.3 is 0 Å². The molecular formula is C16H12BrN3O2. The molecule has 0 unspecified atom stereocenters. The molecule has 2 amide bonds. The second-order valence-corrected chi connectivity index (χ2v) is 5.00. The van der Waals surface area contributed by atoms with Gasteiger partial charge in [0.05, 0.1) is 11.6 Å². The molecule has 0 aliphatic carbocycles. The minimum Gasteiger partial charge on any atom is -0.267 e. The Hall–Kier alpha value is -2.65. The quantitative estimate of drug-likeness (QED) is 0.654. The van der Waals surface area contributed by atoms with E-state index in [1.54, 1.807) is 36.4 Å². The standard InChI is InChI=1S/C16H12BrN3O2/c17-9-11-3-1-5-13(7-11)15(21)19-20-16(22)14-6-2-4-12(8-14)10-18/h1-8H,9H2,(H,19,21)(H,20,22). The molecule has 5 nitrogen and oxygen atoms in total. The Labute approximate surface area is 136 Å². The fourth-order valence-electron chi connectivity index (χ4n) is 1.78. The molecule has 0 bridgehead atoms. The number of carbonyl (C=O) groups is 2. The fourth-order valence-corrected chi connectivity index (χ4v) is 2.13. The molecule has 2 aromatic carbocycles. The number of benzene rings is 2. The summed E-state index contributed by atoms with van der Waals surface area (Å²) in [6.07, 6.45) is 0. The Bertz CT molecular complexity index is 753. The Balaban J connectivity index is 2.01. The summed E-state index contributed by atoms with van der Waals surface area (Å²) in [5, 5.41) is 9.45. The van der Waals surface area contributed by atoms with E-state index in [2.05, 4.69) is 26.8 Å². The van der Waals surface area contributed by atoms with Gasteiger partial charge in [0.15, 0.2) is 0 Å². The molecule has 0 aliphatic heterocycles. The number of hydrogen-bond acceptors (Lipinski definition) is 3. The van der Waals surface area contributed by atoms with Crippen LogP contribution in [0.1, 0.15) is 31.8 Å². The SMILES string of the molecule is N#Cc1cccc(C(=O)NNC(=O)c2cccc(CBr)c2)c1. The third-order valence-corrected chi connectivity index (χ3v) is 3.53. The van der Waals surface area contributed by atoms with Crippen LogP contribution in [-0.4, -0.2) is 11.8 Å². The molecule has 0 spiro atoms. The van der Waals surface area contributed by atoms with Crippen LogP contribution in [-0.2, 0) is 5.33 Å². The van der Waals surface area contributed by atoms with Gasteiger partial charge in [0.2, 0.25) is 0 Å². The molecule has 0 aromatic heterocycles. The smallest absolute Gasteiger partial charge is 0.267 e. The lowest BCUT2D eigenvalue weighted by molar-refractivity contribution is 0.0846. The molecule has 2 rings (SSSR count). The number of carbonyl (C=O) groups excluding carboxylic acids is 2. The Morgan fingerprint density at radius 1 is 1.00 bits per heavy atom. The van der Waals surface area contributed by atoms with E-state index in [1.807, 2.05) is 12.1 Å². The molecule has 6 heteroatoms. The van der Waals surface area contributed by atoms with Crippen LogP contribution in [0.3, 0.4) is 0 Å². The van der Waals surface area contributed by atoms with Crippen LogP contribution in [0.25, 0.3) is 0 Å². The number of hydrogen-bond donors (Lipinski definition) is 2. The number of amides is 2. The average Bonchev–Trinajstić information content (AvgIpc) is 2.59. The first-order valence-corrected chi connectivity index (χ1v) is 7.52. The van der Waals surface area contributed by atoms with Gasteiger partial charge in [-0.1, -0.05) is 34.1 Å². The first-order valence-electron chi connectivity index (χ1n) is 6.40. The van der Waals surface area contributed by atoms with E-state index in [0.717, 1.165) is 5.56 Å². The highest BCUT2D eigenvalue weighted by atomic mass is 79.9. The van der Waals surface area contributed by atoms with Crippen molar-refractivity contribution < 1.29 is 9.59 Å². The Morgan fingerprint density at radius 3 is 2.18 bits per heavy atom. The Kier molecular flexibility index (Phi) is 5.28. The molecule has 2 aromatic rings. The third kappa shape index (κ3) is 3.93. The normalized spacial score (nSPS) is 9.64. The van der Waals surface area contributed by atoms with Crippen LogP contribution in [0.15, 0.2) is 48.5 Å². The zero-order valence-corrected chi connectivity index (χ0v) is 13.1. The van der Waals surface area contributed by atoms with Crippen molar-refractivity contribution in [2.24, 2.45) is 0 Å². The minimum absolute atomic E-state index is 0.300. The number of alkyl halides is 1. The van der Waals surface area contributed by atoms with Gasteiger partial charge in [-0.05, 0) is 35.9 Å². The zero-order chi connectivity index (χ0) is 15.9. The van der Waals surface area contributed by atoms with E-state index < -0.39 is 11.8 Å². The van der Waals surface area contributed by atoms with Crippen molar-refractivity contribution in [2.45, 2.75) is 5.33 Å². The molecular weight excluding hydrogens is 346 g/mol. The first-order chi connectivity index (χ1) is 10.6. The van der Waals surface area contributed by atoms with Crippen molar-refractivity contribution in [1.29, 1.82) is 5.26 Å². The average molecular weight is 358 g/mol. The van der Waals surface area contributed by atoms with Crippen LogP contribution >= 0.6 is 15.9 Å². The number of halogens is 1. The van der Waals surface area contributed by atoms with Gasteiger partial charge in [0, 0.05) is 16.5 Å². The monoisotopic (exact) mass is 357 g/mol. The molecule has 0 heterocycles. The molecule has 2 N–H and O–H groups in total. The molecule has 0 aliphatic rings. The summed E-state index contributed by atoms with van der Waals surface area (Å²) in [7, 11) is 0. The molecule has 0 saturated carbocycles. The van der Waals surface area contributed by atoms with Crippen LogP contribution in [0, 0.1) is 11.3 Å². The highest BCUT2D eigenvalue weighted by Gasteiger charge is 2.09. The van der Waals surface area contributed by atoms with Crippen molar-refractivity contribution in [1.82, 2.24) is 10.9 Å². The van der Waals surface area contributed by atoms with Gasteiger partial charge in [-0.25, -0.2) is 0 Å². The minimum atomic E-state index is -0.484. The van der Waals surface area contributed by atoms with E-state index >= 15 is 0 Å². The zero-order valence-electron chi connectivity index (χ0n) is 11.5. The first kappa shape index (κ1) is 15.7. The van der Waals surface area contributed by atoms with Gasteiger partial charge in [-0.15, -0.1) is 0 Å². The van der Waals surface area contributed by atoms with Crippen LogP contribution in [0.5, 0.6) is 0 Å². The van der Waals surface area contributed by atoms with E-state index in [1.165, 1.54) is 6.07 Å². The summed E-state index contributed by atoms with van der Waals surface area (Å²) >= 11 is 3.32. The number of nitrogens with zero attached hydrogens (tertiary/aromatic N) is 1. The molecule has 22 heavy (non-hydrogen) atoms. The summed E-state index contributed by atoms with van der Waals surface area (Å²) in [6.45, 7) is 0. The lowest BCUT2D eigenvalue weighted by Gasteiger charge is -2.08. The summed E-state index contributed by atoms with van der Waals surface area (Å²) in [5.74, 6) is -0.894. The number of hydrazine groups is 1. The number of nitrogens with one attached hydrogen (secondary N) is 2. The maximum absolute atomic E-state index is 12.0. The van der Waals surface area contributed by atoms with E-state index in [9.17, 15) is 9.59 Å². The van der Waals surface area contributed by atoms with E-state index in [4.69, 9.17) is 5.26 Å². The van der Waals surface area contributed by atoms with Crippen molar-refractivity contribution in [2.75, 3.05) is 0 Å². The highest BCUT2D eigenvalue weighted by Crippen LogP contribution is 2.08. The maximum atomic E-state index is 12.0. The largest absolute Gasteiger partial charge is 0.269 e. The second-order valence-electron chi connectivity index (χ2n) is 4.43. The summed E-state index contributed by atoms with van der Waals surface area (Å²) in [4.78, 5) is 23.9. The van der Waals surface area contributed by atoms with E-state index in [0.29, 0.717) is 22.0 Å². The fraction of sp³-hybridized carbons (Fsp3) is 0.0625. The number of rotatable bonds is 3. The molecule has 0 radical (unpaired) electrons. The topological polar surface area (TPSA) is 82.0 Å². The lowest BCUT2D eigenvalue weighted by atomic mass is 10.1. The van der Waals surface area contributed by atoms with Crippen molar-refractivity contribution in [3.8, 4) is 6.07 Å².